The molecule has 0 aromatic heterocycles. The van der Waals surface area contributed by atoms with E-state index in [1.807, 2.05) is 0 Å². The maximum Gasteiger partial charge on any atom is 0.255 e. The van der Waals surface area contributed by atoms with Crippen LogP contribution in [0.3, 0.4) is 0 Å². The topological polar surface area (TPSA) is 90.7 Å². The number of nitrogens with two attached hydrogens (primary N) is 1. The highest BCUT2D eigenvalue weighted by atomic mass is 35.5. The Labute approximate surface area is 131 Å². The predicted octanol–water partition coefficient (Wildman–Crippen LogP) is 0.681. The number of benzene rings is 1. The van der Waals surface area contributed by atoms with Crippen molar-refractivity contribution in [2.24, 2.45) is 5.73 Å². The lowest BCUT2D eigenvalue weighted by atomic mass is 10.2. The monoisotopic (exact) mass is 334 g/mol. The molecule has 1 unspecified atom stereocenters. The van der Waals surface area contributed by atoms with E-state index in [4.69, 9.17) is 26.8 Å². The number of ether oxygens (including phenoxy) is 2. The van der Waals surface area contributed by atoms with Crippen LogP contribution in [0.15, 0.2) is 12.1 Å². The van der Waals surface area contributed by atoms with Crippen LogP contribution in [0.4, 0.5) is 0 Å². The van der Waals surface area contributed by atoms with Gasteiger partial charge in [-0.25, -0.2) is 0 Å². The summed E-state index contributed by atoms with van der Waals surface area (Å²) in [5.74, 6) is 0.715. The van der Waals surface area contributed by atoms with E-state index in [1.54, 1.807) is 18.4 Å². The Kier molecular flexibility index (Phi) is 7.49. The molecule has 6 nitrogen and oxygen atoms in total. The number of halogens is 1. The zero-order valence-corrected chi connectivity index (χ0v) is 13.6. The molecule has 0 aliphatic rings. The molecule has 3 N–H and O–H groups in total. The van der Waals surface area contributed by atoms with Crippen LogP contribution in [0.25, 0.3) is 0 Å². The Morgan fingerprint density at radius 2 is 2.19 bits per heavy atom. The third kappa shape index (κ3) is 6.33. The zero-order chi connectivity index (χ0) is 15.8. The molecule has 0 aliphatic carbocycles. The Morgan fingerprint density at radius 1 is 1.48 bits per heavy atom. The Balaban J connectivity index is 2.73. The average Bonchev–Trinajstić information content (AvgIpc) is 2.41. The van der Waals surface area contributed by atoms with Crippen LogP contribution in [0, 0.1) is 0 Å². The van der Waals surface area contributed by atoms with Gasteiger partial charge in [-0.15, -0.1) is 0 Å². The molecule has 118 valence electrons. The van der Waals surface area contributed by atoms with Gasteiger partial charge in [-0.1, -0.05) is 11.6 Å². The van der Waals surface area contributed by atoms with E-state index < -0.39 is 16.7 Å². The number of nitrogens with one attached hydrogen (secondary N) is 1. The molecule has 8 heteroatoms. The summed E-state index contributed by atoms with van der Waals surface area (Å²) in [5.41, 5.74) is 5.93. The minimum absolute atomic E-state index is 0.268. The fraction of sp³-hybridized carbons (Fsp3) is 0.462. The minimum atomic E-state index is -0.822. The molecule has 0 radical (unpaired) electrons. The molecule has 0 saturated carbocycles. The molecule has 1 rings (SSSR count). The van der Waals surface area contributed by atoms with Crippen molar-refractivity contribution in [3.63, 3.8) is 0 Å². The highest BCUT2D eigenvalue weighted by Gasteiger charge is 2.13. The number of carbonyl (C=O) groups excluding carboxylic acids is 1. The Bertz CT molecular complexity index is 525. The third-order valence-electron chi connectivity index (χ3n) is 2.54. The van der Waals surface area contributed by atoms with Crippen LogP contribution in [-0.2, 0) is 22.1 Å². The van der Waals surface area contributed by atoms with Crippen molar-refractivity contribution in [2.75, 3.05) is 32.3 Å². The first-order valence-electron chi connectivity index (χ1n) is 6.22. The predicted molar refractivity (Wildman–Crippen MR) is 83.3 cm³/mol. The number of hydrogen-bond donors (Lipinski definition) is 2. The quantitative estimate of drug-likeness (QED) is 0.648. The SMILES string of the molecule is COc1cc(CNCCS(C)=O)cc(Cl)c1OCC(N)=O. The molecule has 0 bridgehead atoms. The second-order valence-corrected chi connectivity index (χ2v) is 6.28. The lowest BCUT2D eigenvalue weighted by molar-refractivity contribution is -0.119. The summed E-state index contributed by atoms with van der Waals surface area (Å²) < 4.78 is 21.4. The van der Waals surface area contributed by atoms with Gasteiger partial charge in [0.1, 0.15) is 0 Å². The minimum Gasteiger partial charge on any atom is -0.493 e. The summed E-state index contributed by atoms with van der Waals surface area (Å²) in [6, 6.07) is 3.48. The van der Waals surface area contributed by atoms with Crippen molar-refractivity contribution in [3.8, 4) is 11.5 Å². The Morgan fingerprint density at radius 3 is 2.76 bits per heavy atom. The first-order chi connectivity index (χ1) is 9.93. The van der Waals surface area contributed by atoms with Gasteiger partial charge in [0.05, 0.1) is 12.1 Å². The molecule has 0 heterocycles. The van der Waals surface area contributed by atoms with Crippen molar-refractivity contribution in [1.29, 1.82) is 0 Å². The molecule has 0 saturated heterocycles. The molecule has 21 heavy (non-hydrogen) atoms. The summed E-state index contributed by atoms with van der Waals surface area (Å²) >= 11 is 6.13. The highest BCUT2D eigenvalue weighted by molar-refractivity contribution is 7.84. The molecule has 1 atom stereocenters. The maximum absolute atomic E-state index is 11.0. The normalized spacial score (nSPS) is 12.0. The highest BCUT2D eigenvalue weighted by Crippen LogP contribution is 2.36. The number of methoxy groups -OCH3 is 1. The van der Waals surface area contributed by atoms with E-state index in [9.17, 15) is 9.00 Å². The van der Waals surface area contributed by atoms with Gasteiger partial charge in [0.2, 0.25) is 0 Å². The molecule has 0 spiro atoms. The lowest BCUT2D eigenvalue weighted by Gasteiger charge is -2.13. The van der Waals surface area contributed by atoms with E-state index in [1.165, 1.54) is 7.11 Å². The van der Waals surface area contributed by atoms with Crippen LogP contribution in [0.5, 0.6) is 11.5 Å². The number of carbonyl (C=O) groups is 1. The average molecular weight is 335 g/mol. The molecular weight excluding hydrogens is 316 g/mol. The summed E-state index contributed by atoms with van der Waals surface area (Å²) in [7, 11) is 0.665. The van der Waals surface area contributed by atoms with E-state index >= 15 is 0 Å². The molecule has 0 fully saturated rings. The van der Waals surface area contributed by atoms with E-state index in [0.717, 1.165) is 5.56 Å². The molecular formula is C13H19ClN2O4S. The van der Waals surface area contributed by atoms with Crippen LogP contribution in [0.1, 0.15) is 5.56 Å². The maximum atomic E-state index is 11.0. The van der Waals surface area contributed by atoms with Crippen molar-refractivity contribution in [3.05, 3.63) is 22.7 Å². The van der Waals surface area contributed by atoms with Crippen molar-refractivity contribution in [1.82, 2.24) is 5.32 Å². The number of rotatable bonds is 9. The largest absolute Gasteiger partial charge is 0.493 e. The summed E-state index contributed by atoms with van der Waals surface area (Å²) in [5, 5.41) is 3.50. The first-order valence-corrected chi connectivity index (χ1v) is 8.32. The van der Waals surface area contributed by atoms with Gasteiger partial charge in [-0.2, -0.15) is 0 Å². The van der Waals surface area contributed by atoms with E-state index in [0.29, 0.717) is 29.6 Å². The molecule has 1 aromatic carbocycles. The van der Waals surface area contributed by atoms with E-state index in [-0.39, 0.29) is 12.4 Å². The lowest BCUT2D eigenvalue weighted by Crippen LogP contribution is -2.21. The van der Waals surface area contributed by atoms with Gasteiger partial charge in [0, 0.05) is 35.9 Å². The summed E-state index contributed by atoms with van der Waals surface area (Å²) in [4.78, 5) is 10.8. The van der Waals surface area contributed by atoms with Gasteiger partial charge in [-0.3, -0.25) is 9.00 Å². The second kappa shape index (κ2) is 8.86. The van der Waals surface area contributed by atoms with Gasteiger partial charge in [-0.05, 0) is 17.7 Å². The van der Waals surface area contributed by atoms with Gasteiger partial charge in [0.15, 0.2) is 18.1 Å². The van der Waals surface area contributed by atoms with Gasteiger partial charge in [0.25, 0.3) is 5.91 Å². The standard InChI is InChI=1S/C13H19ClN2O4S/c1-19-11-6-9(7-16-3-4-21(2)18)5-10(14)13(11)20-8-12(15)17/h5-6,16H,3-4,7-8H2,1-2H3,(H2,15,17). The van der Waals surface area contributed by atoms with Crippen molar-refractivity contribution in [2.45, 2.75) is 6.54 Å². The van der Waals surface area contributed by atoms with E-state index in [2.05, 4.69) is 5.32 Å². The smallest absolute Gasteiger partial charge is 0.255 e. The fourth-order valence-electron chi connectivity index (χ4n) is 1.61. The summed E-state index contributed by atoms with van der Waals surface area (Å²) in [6.07, 6.45) is 1.66. The zero-order valence-electron chi connectivity index (χ0n) is 12.0. The fourth-order valence-corrected chi connectivity index (χ4v) is 2.33. The number of primary amides is 1. The van der Waals surface area contributed by atoms with Gasteiger partial charge < -0.3 is 20.5 Å². The number of amides is 1. The first kappa shape index (κ1) is 17.7. The molecule has 1 amide bonds. The summed E-state index contributed by atoms with van der Waals surface area (Å²) in [6.45, 7) is 0.933. The van der Waals surface area contributed by atoms with Crippen LogP contribution in [0.2, 0.25) is 5.02 Å². The number of hydrogen-bond acceptors (Lipinski definition) is 5. The third-order valence-corrected chi connectivity index (χ3v) is 3.60. The van der Waals surface area contributed by atoms with Crippen molar-refractivity contribution < 1.29 is 18.5 Å². The molecule has 0 aliphatic heterocycles. The molecule has 1 aromatic rings. The van der Waals surface area contributed by atoms with Crippen LogP contribution < -0.4 is 20.5 Å². The second-order valence-electron chi connectivity index (χ2n) is 4.32. The van der Waals surface area contributed by atoms with Crippen LogP contribution >= 0.6 is 11.6 Å². The van der Waals surface area contributed by atoms with Crippen molar-refractivity contribution >= 4 is 28.3 Å². The van der Waals surface area contributed by atoms with Crippen LogP contribution in [-0.4, -0.2) is 42.4 Å². The van der Waals surface area contributed by atoms with Gasteiger partial charge >= 0.3 is 0 Å². The Hall–Kier alpha value is -1.31.